The summed E-state index contributed by atoms with van der Waals surface area (Å²) in [5, 5.41) is 22.4. The number of nitrogens with zero attached hydrogens (tertiary/aromatic N) is 1. The number of methoxy groups -OCH3 is 1. The molecule has 184 valence electrons. The third-order valence-corrected chi connectivity index (χ3v) is 4.54. The van der Waals surface area contributed by atoms with E-state index in [-0.39, 0.29) is 17.4 Å². The molecule has 0 spiro atoms. The Bertz CT molecular complexity index is 1070. The lowest BCUT2D eigenvalue weighted by Gasteiger charge is -2.17. The van der Waals surface area contributed by atoms with Crippen molar-refractivity contribution in [1.29, 1.82) is 0 Å². The second-order valence-electron chi connectivity index (χ2n) is 7.01. The Morgan fingerprint density at radius 3 is 2.06 bits per heavy atom. The number of nitrogens with one attached hydrogen (secondary N) is 1. The second-order valence-corrected chi connectivity index (χ2v) is 7.01. The quantitative estimate of drug-likeness (QED) is 0.326. The van der Waals surface area contributed by atoms with Gasteiger partial charge in [0.25, 0.3) is 5.69 Å². The Balaban J connectivity index is 2.29. The SMILES string of the molecule is COc1ccc([N+](=O)[O-])cc1C[C@H](NC(=O)Cc1cc(C(F)(F)F)cc(C(F)(F)F)c1)C(=O)O. The van der Waals surface area contributed by atoms with Crippen LogP contribution in [0.3, 0.4) is 0 Å². The van der Waals surface area contributed by atoms with E-state index >= 15 is 0 Å². The monoisotopic (exact) mass is 494 g/mol. The van der Waals surface area contributed by atoms with Gasteiger partial charge in [-0.1, -0.05) is 0 Å². The number of rotatable bonds is 8. The standard InChI is InChI=1S/C20H16F6N2O6/c1-34-16-3-2-14(28(32)33)7-11(16)8-15(18(30)31)27-17(29)6-10-4-12(19(21,22)23)9-13(5-10)20(24,25)26/h2-5,7,9,15H,6,8H2,1H3,(H,27,29)(H,30,31)/t15-/m0/s1. The van der Waals surface area contributed by atoms with Gasteiger partial charge in [-0.3, -0.25) is 14.9 Å². The number of carboxylic acids is 1. The molecule has 0 radical (unpaired) electrons. The maximum Gasteiger partial charge on any atom is 0.416 e. The van der Waals surface area contributed by atoms with E-state index in [2.05, 4.69) is 0 Å². The molecule has 0 aliphatic heterocycles. The highest BCUT2D eigenvalue weighted by Crippen LogP contribution is 2.36. The van der Waals surface area contributed by atoms with E-state index in [1.165, 1.54) is 13.2 Å². The van der Waals surface area contributed by atoms with Crippen LogP contribution in [0.1, 0.15) is 22.3 Å². The van der Waals surface area contributed by atoms with Crippen molar-refractivity contribution in [1.82, 2.24) is 5.32 Å². The van der Waals surface area contributed by atoms with E-state index in [1.807, 2.05) is 5.32 Å². The molecule has 0 unspecified atom stereocenters. The van der Waals surface area contributed by atoms with Crippen LogP contribution in [0.4, 0.5) is 32.0 Å². The van der Waals surface area contributed by atoms with Crippen LogP contribution in [0.25, 0.3) is 0 Å². The van der Waals surface area contributed by atoms with Crippen LogP contribution in [0.2, 0.25) is 0 Å². The van der Waals surface area contributed by atoms with Crippen LogP contribution in [-0.4, -0.2) is 35.1 Å². The maximum atomic E-state index is 13.0. The molecule has 1 amide bonds. The van der Waals surface area contributed by atoms with Gasteiger partial charge in [0.1, 0.15) is 11.8 Å². The van der Waals surface area contributed by atoms with Crippen molar-refractivity contribution in [2.75, 3.05) is 7.11 Å². The van der Waals surface area contributed by atoms with Gasteiger partial charge in [-0.05, 0) is 29.8 Å². The molecule has 8 nitrogen and oxygen atoms in total. The largest absolute Gasteiger partial charge is 0.496 e. The number of nitro groups is 1. The lowest BCUT2D eigenvalue weighted by molar-refractivity contribution is -0.384. The average molecular weight is 494 g/mol. The zero-order chi connectivity index (χ0) is 25.8. The molecular weight excluding hydrogens is 478 g/mol. The molecule has 0 bridgehead atoms. The maximum absolute atomic E-state index is 13.0. The molecule has 2 rings (SSSR count). The van der Waals surface area contributed by atoms with Crippen molar-refractivity contribution >= 4 is 17.6 Å². The number of halogens is 6. The molecule has 0 saturated carbocycles. The molecule has 34 heavy (non-hydrogen) atoms. The zero-order valence-electron chi connectivity index (χ0n) is 17.2. The number of non-ortho nitro benzene ring substituents is 1. The van der Waals surface area contributed by atoms with Crippen LogP contribution < -0.4 is 10.1 Å². The summed E-state index contributed by atoms with van der Waals surface area (Å²) in [6.07, 6.45) is -11.7. The highest BCUT2D eigenvalue weighted by Gasteiger charge is 2.37. The molecule has 0 fully saturated rings. The highest BCUT2D eigenvalue weighted by molar-refractivity contribution is 5.85. The van der Waals surface area contributed by atoms with Crippen LogP contribution >= 0.6 is 0 Å². The van der Waals surface area contributed by atoms with Crippen molar-refractivity contribution < 1.29 is 50.7 Å². The van der Waals surface area contributed by atoms with Crippen LogP contribution in [0.15, 0.2) is 36.4 Å². The van der Waals surface area contributed by atoms with E-state index in [0.29, 0.717) is 12.1 Å². The molecule has 2 aromatic rings. The fraction of sp³-hybridized carbons (Fsp3) is 0.300. The summed E-state index contributed by atoms with van der Waals surface area (Å²) in [5.41, 5.74) is -4.25. The summed E-state index contributed by atoms with van der Waals surface area (Å²) in [5.74, 6) is -2.70. The smallest absolute Gasteiger partial charge is 0.416 e. The lowest BCUT2D eigenvalue weighted by Crippen LogP contribution is -2.43. The molecule has 2 aromatic carbocycles. The first-order valence-corrected chi connectivity index (χ1v) is 9.23. The van der Waals surface area contributed by atoms with Gasteiger partial charge in [0, 0.05) is 24.1 Å². The number of benzene rings is 2. The number of amides is 1. The summed E-state index contributed by atoms with van der Waals surface area (Å²) < 4.78 is 82.9. The third-order valence-electron chi connectivity index (χ3n) is 4.54. The third kappa shape index (κ3) is 6.83. The summed E-state index contributed by atoms with van der Waals surface area (Å²) in [6.45, 7) is 0. The van der Waals surface area contributed by atoms with Crippen molar-refractivity contribution in [3.8, 4) is 5.75 Å². The lowest BCUT2D eigenvalue weighted by atomic mass is 10.0. The van der Waals surface area contributed by atoms with E-state index in [4.69, 9.17) is 4.74 Å². The first-order valence-electron chi connectivity index (χ1n) is 9.23. The minimum Gasteiger partial charge on any atom is -0.496 e. The fourth-order valence-corrected chi connectivity index (χ4v) is 3.01. The number of carboxylic acid groups (broad SMARTS) is 1. The van der Waals surface area contributed by atoms with E-state index in [9.17, 15) is 51.2 Å². The van der Waals surface area contributed by atoms with E-state index in [1.54, 1.807) is 0 Å². The molecule has 0 aliphatic carbocycles. The van der Waals surface area contributed by atoms with Crippen LogP contribution in [0.5, 0.6) is 5.75 Å². The Morgan fingerprint density at radius 2 is 1.62 bits per heavy atom. The number of nitro benzene ring substituents is 1. The molecule has 0 heterocycles. The minimum atomic E-state index is -5.12. The second kappa shape index (κ2) is 9.97. The van der Waals surface area contributed by atoms with E-state index in [0.717, 1.165) is 12.1 Å². The topological polar surface area (TPSA) is 119 Å². The number of hydrogen-bond donors (Lipinski definition) is 2. The van der Waals surface area contributed by atoms with Crippen LogP contribution in [-0.2, 0) is 34.8 Å². The summed E-state index contributed by atoms with van der Waals surface area (Å²) >= 11 is 0. The van der Waals surface area contributed by atoms with Gasteiger partial charge >= 0.3 is 18.3 Å². The van der Waals surface area contributed by atoms with Gasteiger partial charge in [-0.25, -0.2) is 4.79 Å². The Morgan fingerprint density at radius 1 is 1.06 bits per heavy atom. The number of ether oxygens (including phenoxy) is 1. The zero-order valence-corrected chi connectivity index (χ0v) is 17.2. The van der Waals surface area contributed by atoms with Gasteiger partial charge in [0.05, 0.1) is 29.6 Å². The van der Waals surface area contributed by atoms with Crippen molar-refractivity contribution in [3.05, 3.63) is 68.8 Å². The first-order chi connectivity index (χ1) is 15.6. The molecular formula is C20H16F6N2O6. The van der Waals surface area contributed by atoms with Gasteiger partial charge in [-0.15, -0.1) is 0 Å². The summed E-state index contributed by atoms with van der Waals surface area (Å²) in [4.78, 5) is 34.1. The predicted octanol–water partition coefficient (Wildman–Crippen LogP) is 4.00. The van der Waals surface area contributed by atoms with Crippen molar-refractivity contribution in [3.63, 3.8) is 0 Å². The fourth-order valence-electron chi connectivity index (χ4n) is 3.01. The summed E-state index contributed by atoms with van der Waals surface area (Å²) in [7, 11) is 1.21. The highest BCUT2D eigenvalue weighted by atomic mass is 19.4. The van der Waals surface area contributed by atoms with Gasteiger partial charge in [-0.2, -0.15) is 26.3 Å². The molecule has 1 atom stereocenters. The molecule has 0 aliphatic rings. The van der Waals surface area contributed by atoms with Crippen molar-refractivity contribution in [2.24, 2.45) is 0 Å². The number of carbonyl (C=O) groups is 2. The van der Waals surface area contributed by atoms with Gasteiger partial charge in [0.15, 0.2) is 0 Å². The first kappa shape index (κ1) is 26.4. The molecule has 14 heteroatoms. The minimum absolute atomic E-state index is 0.0304. The molecule has 0 saturated heterocycles. The Labute approximate surface area is 187 Å². The Hall–Kier alpha value is -3.84. The number of carbonyl (C=O) groups excluding carboxylic acids is 1. The molecule has 2 N–H and O–H groups in total. The Kier molecular flexibility index (Phi) is 7.74. The van der Waals surface area contributed by atoms with Gasteiger partial charge in [0.2, 0.25) is 5.91 Å². The summed E-state index contributed by atoms with van der Waals surface area (Å²) in [6, 6.07) is 2.22. The van der Waals surface area contributed by atoms with Crippen LogP contribution in [0, 0.1) is 10.1 Å². The molecule has 0 aromatic heterocycles. The number of aliphatic carboxylic acids is 1. The predicted molar refractivity (Wildman–Crippen MR) is 103 cm³/mol. The van der Waals surface area contributed by atoms with Crippen molar-refractivity contribution in [2.45, 2.75) is 31.2 Å². The number of hydrogen-bond acceptors (Lipinski definition) is 5. The van der Waals surface area contributed by atoms with Gasteiger partial charge < -0.3 is 15.2 Å². The normalized spacial score (nSPS) is 12.7. The van der Waals surface area contributed by atoms with E-state index < -0.39 is 70.4 Å². The average Bonchev–Trinajstić information content (AvgIpc) is 2.71. The number of alkyl halides is 6.